The topological polar surface area (TPSA) is 54.1 Å². The fourth-order valence-electron chi connectivity index (χ4n) is 3.12. The molecule has 0 saturated carbocycles. The van der Waals surface area contributed by atoms with Crippen LogP contribution in [0.25, 0.3) is 10.9 Å². The predicted octanol–water partition coefficient (Wildman–Crippen LogP) is 5.59. The zero-order valence-corrected chi connectivity index (χ0v) is 15.9. The van der Waals surface area contributed by atoms with Crippen LogP contribution >= 0.6 is 11.6 Å². The highest BCUT2D eigenvalue weighted by Gasteiger charge is 2.13. The molecule has 4 nitrogen and oxygen atoms in total. The molecule has 1 heterocycles. The van der Waals surface area contributed by atoms with Crippen LogP contribution in [0.3, 0.4) is 0 Å². The second-order valence-corrected chi connectivity index (χ2v) is 6.86. The van der Waals surface area contributed by atoms with Gasteiger partial charge < -0.3 is 15.0 Å². The second kappa shape index (κ2) is 8.19. The number of hydrogen-bond donors (Lipinski definition) is 2. The molecule has 0 aliphatic carbocycles. The first-order valence-corrected chi connectivity index (χ1v) is 9.44. The van der Waals surface area contributed by atoms with E-state index in [-0.39, 0.29) is 5.91 Å². The lowest BCUT2D eigenvalue weighted by Crippen LogP contribution is -2.26. The molecule has 0 radical (unpaired) electrons. The number of benzene rings is 3. The Morgan fingerprint density at radius 2 is 1.79 bits per heavy atom. The van der Waals surface area contributed by atoms with Gasteiger partial charge in [0, 0.05) is 28.7 Å². The van der Waals surface area contributed by atoms with Crippen LogP contribution in [0.15, 0.2) is 79.0 Å². The van der Waals surface area contributed by atoms with E-state index in [1.165, 1.54) is 0 Å². The van der Waals surface area contributed by atoms with Crippen LogP contribution in [0.1, 0.15) is 15.9 Å². The average molecular weight is 391 g/mol. The van der Waals surface area contributed by atoms with Crippen LogP contribution in [-0.4, -0.2) is 17.4 Å². The minimum absolute atomic E-state index is 0.163. The number of ether oxygens (including phenoxy) is 1. The molecule has 0 aliphatic rings. The van der Waals surface area contributed by atoms with Crippen LogP contribution in [0, 0.1) is 0 Å². The first kappa shape index (κ1) is 18.1. The van der Waals surface area contributed by atoms with E-state index in [2.05, 4.69) is 10.3 Å². The zero-order valence-electron chi connectivity index (χ0n) is 15.1. The number of halogens is 1. The Labute approximate surface area is 168 Å². The predicted molar refractivity (Wildman–Crippen MR) is 112 cm³/mol. The summed E-state index contributed by atoms with van der Waals surface area (Å²) in [5.74, 6) is 1.06. The summed E-state index contributed by atoms with van der Waals surface area (Å²) in [6.45, 7) is 0.512. The molecule has 0 aliphatic heterocycles. The molecule has 0 atom stereocenters. The number of H-pyrrole nitrogens is 1. The van der Waals surface area contributed by atoms with Gasteiger partial charge in [0.1, 0.15) is 11.5 Å². The lowest BCUT2D eigenvalue weighted by atomic mass is 10.1. The van der Waals surface area contributed by atoms with E-state index in [9.17, 15) is 4.79 Å². The largest absolute Gasteiger partial charge is 0.457 e. The number of amides is 1. The van der Waals surface area contributed by atoms with E-state index in [1.807, 2.05) is 66.9 Å². The summed E-state index contributed by atoms with van der Waals surface area (Å²) in [6.07, 6.45) is 2.66. The molecular formula is C23H19ClN2O2. The van der Waals surface area contributed by atoms with Gasteiger partial charge in [0.05, 0.1) is 5.56 Å². The van der Waals surface area contributed by atoms with Gasteiger partial charge in [-0.2, -0.15) is 0 Å². The van der Waals surface area contributed by atoms with Gasteiger partial charge >= 0.3 is 0 Å². The van der Waals surface area contributed by atoms with Gasteiger partial charge in [0.25, 0.3) is 5.91 Å². The molecule has 4 aromatic rings. The van der Waals surface area contributed by atoms with Gasteiger partial charge in [0.15, 0.2) is 0 Å². The zero-order chi connectivity index (χ0) is 19.3. The average Bonchev–Trinajstić information content (AvgIpc) is 3.11. The van der Waals surface area contributed by atoms with E-state index >= 15 is 0 Å². The van der Waals surface area contributed by atoms with Crippen molar-refractivity contribution < 1.29 is 9.53 Å². The maximum Gasteiger partial charge on any atom is 0.255 e. The van der Waals surface area contributed by atoms with Crippen molar-refractivity contribution in [3.05, 3.63) is 95.1 Å². The van der Waals surface area contributed by atoms with Crippen LogP contribution in [0.5, 0.6) is 11.5 Å². The van der Waals surface area contributed by atoms with Crippen molar-refractivity contribution >= 4 is 28.4 Å². The van der Waals surface area contributed by atoms with E-state index in [0.717, 1.165) is 16.5 Å². The molecule has 3 aromatic carbocycles. The fraction of sp³-hybridized carbons (Fsp3) is 0.0870. The van der Waals surface area contributed by atoms with Crippen molar-refractivity contribution in [3.8, 4) is 11.5 Å². The van der Waals surface area contributed by atoms with Gasteiger partial charge in [-0.25, -0.2) is 0 Å². The molecule has 28 heavy (non-hydrogen) atoms. The summed E-state index contributed by atoms with van der Waals surface area (Å²) >= 11 is 6.10. The number of carbonyl (C=O) groups is 1. The summed E-state index contributed by atoms with van der Waals surface area (Å²) < 4.78 is 5.87. The Bertz CT molecular complexity index is 1110. The Kier molecular flexibility index (Phi) is 5.31. The van der Waals surface area contributed by atoms with Crippen molar-refractivity contribution in [2.45, 2.75) is 6.42 Å². The normalized spacial score (nSPS) is 10.8. The minimum Gasteiger partial charge on any atom is -0.457 e. The third kappa shape index (κ3) is 4.02. The van der Waals surface area contributed by atoms with Crippen LogP contribution in [0.2, 0.25) is 5.02 Å². The second-order valence-electron chi connectivity index (χ2n) is 6.42. The van der Waals surface area contributed by atoms with Crippen LogP contribution < -0.4 is 10.1 Å². The molecule has 5 heteroatoms. The first-order valence-electron chi connectivity index (χ1n) is 9.06. The standard InChI is InChI=1S/C23H19ClN2O2/c24-17-10-11-21-20(14-17)16(15-26-21)12-13-25-23(27)19-8-4-5-9-22(19)28-18-6-2-1-3-7-18/h1-11,14-15,26H,12-13H2,(H,25,27). The smallest absolute Gasteiger partial charge is 0.255 e. The summed E-state index contributed by atoms with van der Waals surface area (Å²) in [6, 6.07) is 22.4. The molecule has 1 amide bonds. The van der Waals surface area contributed by atoms with Gasteiger partial charge in [-0.3, -0.25) is 4.79 Å². The molecule has 1 aromatic heterocycles. The van der Waals surface area contributed by atoms with Crippen molar-refractivity contribution in [1.82, 2.24) is 10.3 Å². The molecule has 4 rings (SSSR count). The fourth-order valence-corrected chi connectivity index (χ4v) is 3.29. The minimum atomic E-state index is -0.163. The summed E-state index contributed by atoms with van der Waals surface area (Å²) in [5, 5.41) is 4.75. The number of aromatic amines is 1. The van der Waals surface area contributed by atoms with Crippen LogP contribution in [0.4, 0.5) is 0 Å². The highest BCUT2D eigenvalue weighted by atomic mass is 35.5. The molecule has 0 saturated heterocycles. The van der Waals surface area contributed by atoms with Crippen molar-refractivity contribution in [3.63, 3.8) is 0 Å². The maximum atomic E-state index is 12.7. The summed E-state index contributed by atoms with van der Waals surface area (Å²) in [4.78, 5) is 15.9. The number of fused-ring (bicyclic) bond motifs is 1. The molecule has 140 valence electrons. The number of rotatable bonds is 6. The Morgan fingerprint density at radius 3 is 2.64 bits per heavy atom. The van der Waals surface area contributed by atoms with E-state index < -0.39 is 0 Å². The lowest BCUT2D eigenvalue weighted by Gasteiger charge is -2.11. The first-order chi connectivity index (χ1) is 13.7. The Morgan fingerprint density at radius 1 is 1.00 bits per heavy atom. The quantitative estimate of drug-likeness (QED) is 0.451. The summed E-state index contributed by atoms with van der Waals surface area (Å²) in [5.41, 5.74) is 2.66. The molecule has 2 N–H and O–H groups in total. The van der Waals surface area contributed by atoms with E-state index in [4.69, 9.17) is 16.3 Å². The molecule has 0 fully saturated rings. The number of hydrogen-bond acceptors (Lipinski definition) is 2. The third-order valence-corrected chi connectivity index (χ3v) is 4.75. The Balaban J connectivity index is 1.43. The molecule has 0 bridgehead atoms. The monoisotopic (exact) mass is 390 g/mol. The van der Waals surface area contributed by atoms with Crippen molar-refractivity contribution in [2.24, 2.45) is 0 Å². The molecule has 0 unspecified atom stereocenters. The lowest BCUT2D eigenvalue weighted by molar-refractivity contribution is 0.0952. The number of carbonyl (C=O) groups excluding carboxylic acids is 1. The van der Waals surface area contributed by atoms with Gasteiger partial charge in [-0.15, -0.1) is 0 Å². The van der Waals surface area contributed by atoms with Gasteiger partial charge in [-0.05, 0) is 54.4 Å². The van der Waals surface area contributed by atoms with Crippen LogP contribution in [-0.2, 0) is 6.42 Å². The van der Waals surface area contributed by atoms with E-state index in [1.54, 1.807) is 12.1 Å². The maximum absolute atomic E-state index is 12.7. The summed E-state index contributed by atoms with van der Waals surface area (Å²) in [7, 11) is 0. The van der Waals surface area contributed by atoms with Gasteiger partial charge in [-0.1, -0.05) is 41.9 Å². The molecule has 0 spiro atoms. The Hall–Kier alpha value is -3.24. The molecular weight excluding hydrogens is 372 g/mol. The van der Waals surface area contributed by atoms with Gasteiger partial charge in [0.2, 0.25) is 0 Å². The number of nitrogens with one attached hydrogen (secondary N) is 2. The van der Waals surface area contributed by atoms with E-state index in [0.29, 0.717) is 35.1 Å². The van der Waals surface area contributed by atoms with Crippen molar-refractivity contribution in [1.29, 1.82) is 0 Å². The highest BCUT2D eigenvalue weighted by Crippen LogP contribution is 2.25. The van der Waals surface area contributed by atoms with Crippen molar-refractivity contribution in [2.75, 3.05) is 6.54 Å². The number of para-hydroxylation sites is 2. The third-order valence-electron chi connectivity index (χ3n) is 4.51. The highest BCUT2D eigenvalue weighted by molar-refractivity contribution is 6.31. The number of aromatic nitrogens is 1. The SMILES string of the molecule is O=C(NCCc1c[nH]c2ccc(Cl)cc12)c1ccccc1Oc1ccccc1.